The van der Waals surface area contributed by atoms with Crippen LogP contribution in [0.5, 0.6) is 0 Å². The maximum atomic E-state index is 13.0. The summed E-state index contributed by atoms with van der Waals surface area (Å²) in [5.41, 5.74) is 2.98. The molecule has 2 fully saturated rings. The fourth-order valence-electron chi connectivity index (χ4n) is 5.38. The normalized spacial score (nSPS) is 24.1. The highest BCUT2D eigenvalue weighted by Crippen LogP contribution is 2.39. The number of piperidine rings is 1. The number of amides is 2. The van der Waals surface area contributed by atoms with Crippen molar-refractivity contribution in [2.24, 2.45) is 5.92 Å². The molecular formula is C22H27N5O2. The summed E-state index contributed by atoms with van der Waals surface area (Å²) in [5.74, 6) is 0.474. The van der Waals surface area contributed by atoms with Gasteiger partial charge in [-0.2, -0.15) is 0 Å². The zero-order chi connectivity index (χ0) is 19.8. The van der Waals surface area contributed by atoms with Gasteiger partial charge in [-0.25, -0.2) is 14.8 Å². The van der Waals surface area contributed by atoms with E-state index in [1.807, 2.05) is 15.5 Å². The molecule has 7 nitrogen and oxygen atoms in total. The molecule has 1 N–H and O–H groups in total. The van der Waals surface area contributed by atoms with Crippen molar-refractivity contribution in [3.05, 3.63) is 46.9 Å². The van der Waals surface area contributed by atoms with Gasteiger partial charge in [-0.3, -0.25) is 4.79 Å². The van der Waals surface area contributed by atoms with Crippen LogP contribution in [-0.4, -0.2) is 44.6 Å². The number of nitrogens with zero attached hydrogens (tertiary/aromatic N) is 4. The lowest BCUT2D eigenvalue weighted by molar-refractivity contribution is 0.127. The Morgan fingerprint density at radius 2 is 1.83 bits per heavy atom. The number of hydrogen-bond acceptors (Lipinski definition) is 4. The molecule has 2 aliphatic heterocycles. The second-order valence-corrected chi connectivity index (χ2v) is 8.70. The highest BCUT2D eigenvalue weighted by molar-refractivity contribution is 5.75. The van der Waals surface area contributed by atoms with Crippen LogP contribution >= 0.6 is 0 Å². The number of urea groups is 1. The van der Waals surface area contributed by atoms with E-state index in [1.54, 1.807) is 18.5 Å². The summed E-state index contributed by atoms with van der Waals surface area (Å²) in [7, 11) is 0. The van der Waals surface area contributed by atoms with Crippen LogP contribution in [0.2, 0.25) is 0 Å². The van der Waals surface area contributed by atoms with Gasteiger partial charge in [0.2, 0.25) is 0 Å². The molecule has 0 radical (unpaired) electrons. The Kier molecular flexibility index (Phi) is 4.81. The van der Waals surface area contributed by atoms with Crippen LogP contribution in [0.1, 0.15) is 50.1 Å². The third-order valence-electron chi connectivity index (χ3n) is 6.68. The second kappa shape index (κ2) is 7.61. The Bertz CT molecular complexity index is 951. The summed E-state index contributed by atoms with van der Waals surface area (Å²) in [6, 6.07) is 3.89. The molecule has 2 aromatic heterocycles. The number of hydrogen-bond donors (Lipinski definition) is 1. The number of fused-ring (bicyclic) bond motifs is 4. The summed E-state index contributed by atoms with van der Waals surface area (Å²) in [5, 5.41) is 3.26. The topological polar surface area (TPSA) is 80.1 Å². The predicted octanol–water partition coefficient (Wildman–Crippen LogP) is 2.77. The van der Waals surface area contributed by atoms with Gasteiger partial charge < -0.3 is 14.8 Å². The number of carbonyl (C=O) groups is 1. The fraction of sp³-hybridized carbons (Fsp3) is 0.545. The lowest BCUT2D eigenvalue weighted by Gasteiger charge is -2.43. The van der Waals surface area contributed by atoms with Crippen molar-refractivity contribution in [3.63, 3.8) is 0 Å². The number of pyridine rings is 1. The largest absolute Gasteiger partial charge is 0.335 e. The SMILES string of the molecule is O=C(NC1CCCCC1)N1C[C@@H]2C[C@@H](C1)c1c(-c3cncnc3)ccc(=O)n1C2. The number of nitrogens with one attached hydrogen (secondary N) is 1. The molecule has 1 saturated heterocycles. The van der Waals surface area contributed by atoms with Gasteiger partial charge in [0.25, 0.3) is 5.56 Å². The Morgan fingerprint density at radius 3 is 2.62 bits per heavy atom. The highest BCUT2D eigenvalue weighted by atomic mass is 16.2. The van der Waals surface area contributed by atoms with E-state index >= 15 is 0 Å². The van der Waals surface area contributed by atoms with Crippen molar-refractivity contribution in [2.45, 2.75) is 57.0 Å². The zero-order valence-corrected chi connectivity index (χ0v) is 16.6. The minimum absolute atomic E-state index is 0.0374. The van der Waals surface area contributed by atoms with E-state index in [2.05, 4.69) is 15.3 Å². The Morgan fingerprint density at radius 1 is 1.03 bits per heavy atom. The summed E-state index contributed by atoms with van der Waals surface area (Å²) in [6.07, 6.45) is 12.0. The van der Waals surface area contributed by atoms with E-state index < -0.39 is 0 Å². The van der Waals surface area contributed by atoms with Gasteiger partial charge in [0, 0.05) is 66.9 Å². The zero-order valence-electron chi connectivity index (χ0n) is 16.6. The number of likely N-dealkylation sites (tertiary alicyclic amines) is 1. The molecule has 1 aliphatic carbocycles. The summed E-state index contributed by atoms with van der Waals surface area (Å²) >= 11 is 0. The number of aromatic nitrogens is 3. The summed E-state index contributed by atoms with van der Waals surface area (Å²) < 4.78 is 1.91. The van der Waals surface area contributed by atoms with Crippen LogP contribution < -0.4 is 10.9 Å². The van der Waals surface area contributed by atoms with Crippen LogP contribution in [0, 0.1) is 5.92 Å². The van der Waals surface area contributed by atoms with Gasteiger partial charge in [-0.15, -0.1) is 0 Å². The predicted molar refractivity (Wildman–Crippen MR) is 110 cm³/mol. The summed E-state index contributed by atoms with van der Waals surface area (Å²) in [6.45, 7) is 2.04. The molecule has 0 unspecified atom stereocenters. The minimum atomic E-state index is 0.0374. The standard InChI is InChI=1S/C22H27N5O2/c28-20-7-6-19(17-9-23-14-24-10-17)21-16-8-15(12-27(20)21)11-26(13-16)22(29)25-18-4-2-1-3-5-18/h6-7,9-10,14-16,18H,1-5,8,11-13H2,(H,25,29)/t15-,16-/m0/s1. The average Bonchev–Trinajstić information content (AvgIpc) is 2.75. The molecule has 2 amide bonds. The molecule has 152 valence electrons. The molecule has 7 heteroatoms. The number of carbonyl (C=O) groups excluding carboxylic acids is 1. The van der Waals surface area contributed by atoms with E-state index in [-0.39, 0.29) is 17.5 Å². The van der Waals surface area contributed by atoms with Crippen LogP contribution in [0.15, 0.2) is 35.6 Å². The Hall–Kier alpha value is -2.70. The lowest BCUT2D eigenvalue weighted by Crippen LogP contribution is -2.53. The van der Waals surface area contributed by atoms with Crippen LogP contribution in [0.25, 0.3) is 11.1 Å². The third-order valence-corrected chi connectivity index (χ3v) is 6.68. The van der Waals surface area contributed by atoms with E-state index in [4.69, 9.17) is 0 Å². The maximum Gasteiger partial charge on any atom is 0.317 e. The van der Waals surface area contributed by atoms with E-state index in [0.717, 1.165) is 42.6 Å². The first-order chi connectivity index (χ1) is 14.2. The van der Waals surface area contributed by atoms with Crippen molar-refractivity contribution < 1.29 is 4.79 Å². The van der Waals surface area contributed by atoms with Gasteiger partial charge >= 0.3 is 6.03 Å². The molecule has 1 saturated carbocycles. The molecule has 3 aliphatic rings. The van der Waals surface area contributed by atoms with Crippen LogP contribution in [0.4, 0.5) is 4.79 Å². The lowest BCUT2D eigenvalue weighted by atomic mass is 9.81. The molecule has 0 aromatic carbocycles. The van der Waals surface area contributed by atoms with Crippen molar-refractivity contribution in [1.29, 1.82) is 0 Å². The van der Waals surface area contributed by atoms with Gasteiger partial charge in [-0.05, 0) is 31.2 Å². The molecule has 29 heavy (non-hydrogen) atoms. The van der Waals surface area contributed by atoms with E-state index in [0.29, 0.717) is 25.0 Å². The van der Waals surface area contributed by atoms with Crippen LogP contribution in [0.3, 0.4) is 0 Å². The minimum Gasteiger partial charge on any atom is -0.335 e. The first-order valence-electron chi connectivity index (χ1n) is 10.7. The molecule has 0 spiro atoms. The first-order valence-corrected chi connectivity index (χ1v) is 10.7. The fourth-order valence-corrected chi connectivity index (χ4v) is 5.38. The average molecular weight is 393 g/mol. The molecular weight excluding hydrogens is 366 g/mol. The third kappa shape index (κ3) is 3.54. The molecule has 2 aromatic rings. The van der Waals surface area contributed by atoms with E-state index in [1.165, 1.54) is 25.6 Å². The quantitative estimate of drug-likeness (QED) is 0.851. The van der Waals surface area contributed by atoms with Crippen molar-refractivity contribution in [1.82, 2.24) is 24.8 Å². The summed E-state index contributed by atoms with van der Waals surface area (Å²) in [4.78, 5) is 35.8. The van der Waals surface area contributed by atoms with Gasteiger partial charge in [0.15, 0.2) is 0 Å². The highest BCUT2D eigenvalue weighted by Gasteiger charge is 2.38. The van der Waals surface area contributed by atoms with Gasteiger partial charge in [-0.1, -0.05) is 19.3 Å². The maximum absolute atomic E-state index is 13.0. The van der Waals surface area contributed by atoms with Crippen molar-refractivity contribution in [3.8, 4) is 11.1 Å². The van der Waals surface area contributed by atoms with E-state index in [9.17, 15) is 9.59 Å². The molecule has 2 bridgehead atoms. The molecule has 4 heterocycles. The van der Waals surface area contributed by atoms with Crippen molar-refractivity contribution >= 4 is 6.03 Å². The Balaban J connectivity index is 1.43. The Labute approximate surface area is 170 Å². The second-order valence-electron chi connectivity index (χ2n) is 8.70. The monoisotopic (exact) mass is 393 g/mol. The van der Waals surface area contributed by atoms with Crippen molar-refractivity contribution in [2.75, 3.05) is 13.1 Å². The molecule has 2 atom stereocenters. The first kappa shape index (κ1) is 18.3. The number of rotatable bonds is 2. The smallest absolute Gasteiger partial charge is 0.317 e. The van der Waals surface area contributed by atoms with Gasteiger partial charge in [0.05, 0.1) is 0 Å². The van der Waals surface area contributed by atoms with Crippen LogP contribution in [-0.2, 0) is 6.54 Å². The molecule has 5 rings (SSSR count). The van der Waals surface area contributed by atoms with Gasteiger partial charge in [0.1, 0.15) is 6.33 Å².